The Morgan fingerprint density at radius 1 is 1.53 bits per heavy atom. The van der Waals surface area contributed by atoms with Gasteiger partial charge in [0.15, 0.2) is 5.82 Å². The molecule has 0 bridgehead atoms. The number of carboxylic acids is 1. The van der Waals surface area contributed by atoms with Gasteiger partial charge in [-0.2, -0.15) is 0 Å². The molecule has 6 heteroatoms. The molecule has 0 aliphatic carbocycles. The number of aromatic nitrogens is 1. The van der Waals surface area contributed by atoms with E-state index in [9.17, 15) is 14.0 Å². The third kappa shape index (κ3) is 2.57. The van der Waals surface area contributed by atoms with E-state index < -0.39 is 29.7 Å². The van der Waals surface area contributed by atoms with Gasteiger partial charge in [-0.25, -0.2) is 4.39 Å². The number of halogens is 1. The lowest BCUT2D eigenvalue weighted by Crippen LogP contribution is -2.49. The van der Waals surface area contributed by atoms with Crippen LogP contribution < -0.4 is 0 Å². The van der Waals surface area contributed by atoms with Gasteiger partial charge in [0, 0.05) is 18.8 Å². The lowest BCUT2D eigenvalue weighted by atomic mass is 9.90. The zero-order chi connectivity index (χ0) is 14.0. The lowest BCUT2D eigenvalue weighted by molar-refractivity contribution is -0.144. The number of piperidine rings is 1. The van der Waals surface area contributed by atoms with Crippen LogP contribution in [0, 0.1) is 11.7 Å². The van der Waals surface area contributed by atoms with Gasteiger partial charge in [0.25, 0.3) is 5.91 Å². The van der Waals surface area contributed by atoms with Gasteiger partial charge < -0.3 is 10.0 Å². The van der Waals surface area contributed by atoms with Crippen molar-refractivity contribution in [3.63, 3.8) is 0 Å². The number of carbonyl (C=O) groups excluding carboxylic acids is 1. The number of likely N-dealkylation sites (tertiary alicyclic amines) is 1. The molecule has 0 aromatic carbocycles. The first-order valence-corrected chi connectivity index (χ1v) is 6.15. The molecule has 102 valence electrons. The summed E-state index contributed by atoms with van der Waals surface area (Å²) in [6.45, 7) is 2.14. The third-order valence-electron chi connectivity index (χ3n) is 3.57. The number of hydrogen-bond donors (Lipinski definition) is 1. The molecule has 2 atom stereocenters. The van der Waals surface area contributed by atoms with E-state index in [1.54, 1.807) is 6.92 Å². The van der Waals surface area contributed by atoms with Gasteiger partial charge in [-0.15, -0.1) is 0 Å². The largest absolute Gasteiger partial charge is 0.481 e. The molecule has 2 heterocycles. The number of nitrogens with zero attached hydrogens (tertiary/aromatic N) is 2. The fourth-order valence-corrected chi connectivity index (χ4v) is 2.46. The van der Waals surface area contributed by atoms with Crippen LogP contribution in [0.3, 0.4) is 0 Å². The summed E-state index contributed by atoms with van der Waals surface area (Å²) in [4.78, 5) is 28.4. The van der Waals surface area contributed by atoms with Crippen LogP contribution in [0.1, 0.15) is 30.1 Å². The summed E-state index contributed by atoms with van der Waals surface area (Å²) in [6.07, 6.45) is 3.48. The molecule has 1 saturated heterocycles. The van der Waals surface area contributed by atoms with Crippen molar-refractivity contribution in [1.82, 2.24) is 9.88 Å². The summed E-state index contributed by atoms with van der Waals surface area (Å²) in [5, 5.41) is 9.11. The average Bonchev–Trinajstić information content (AvgIpc) is 2.38. The van der Waals surface area contributed by atoms with Crippen LogP contribution in [-0.2, 0) is 4.79 Å². The normalized spacial score (nSPS) is 23.2. The quantitative estimate of drug-likeness (QED) is 0.881. The zero-order valence-electron chi connectivity index (χ0n) is 10.5. The summed E-state index contributed by atoms with van der Waals surface area (Å²) in [5.74, 6) is -2.67. The van der Waals surface area contributed by atoms with E-state index in [0.717, 1.165) is 6.20 Å². The first-order valence-electron chi connectivity index (χ1n) is 6.15. The fourth-order valence-electron chi connectivity index (χ4n) is 2.46. The Labute approximate surface area is 110 Å². The highest BCUT2D eigenvalue weighted by molar-refractivity contribution is 5.95. The van der Waals surface area contributed by atoms with Crippen LogP contribution in [0.2, 0.25) is 0 Å². The zero-order valence-corrected chi connectivity index (χ0v) is 10.5. The maximum Gasteiger partial charge on any atom is 0.308 e. The van der Waals surface area contributed by atoms with E-state index in [0.29, 0.717) is 19.4 Å². The molecule has 0 spiro atoms. The van der Waals surface area contributed by atoms with Crippen molar-refractivity contribution in [1.29, 1.82) is 0 Å². The molecular formula is C13H15FN2O3. The molecular weight excluding hydrogens is 251 g/mol. The van der Waals surface area contributed by atoms with E-state index in [4.69, 9.17) is 5.11 Å². The van der Waals surface area contributed by atoms with E-state index >= 15 is 0 Å². The third-order valence-corrected chi connectivity index (χ3v) is 3.57. The van der Waals surface area contributed by atoms with Crippen molar-refractivity contribution >= 4 is 11.9 Å². The van der Waals surface area contributed by atoms with Crippen LogP contribution in [0.5, 0.6) is 0 Å². The Bertz CT molecular complexity index is 506. The molecule has 1 aromatic rings. The Morgan fingerprint density at radius 3 is 2.89 bits per heavy atom. The first-order chi connectivity index (χ1) is 9.02. The lowest BCUT2D eigenvalue weighted by Gasteiger charge is -2.37. The van der Waals surface area contributed by atoms with Crippen molar-refractivity contribution < 1.29 is 19.1 Å². The van der Waals surface area contributed by atoms with Gasteiger partial charge in [-0.05, 0) is 25.8 Å². The van der Waals surface area contributed by atoms with E-state index in [1.165, 1.54) is 17.2 Å². The highest BCUT2D eigenvalue weighted by atomic mass is 19.1. The molecule has 0 radical (unpaired) electrons. The predicted molar refractivity (Wildman–Crippen MR) is 65.1 cm³/mol. The smallest absolute Gasteiger partial charge is 0.308 e. The minimum Gasteiger partial charge on any atom is -0.481 e. The highest BCUT2D eigenvalue weighted by Gasteiger charge is 2.36. The van der Waals surface area contributed by atoms with Crippen LogP contribution >= 0.6 is 0 Å². The number of amides is 1. The van der Waals surface area contributed by atoms with Crippen LogP contribution in [-0.4, -0.2) is 39.5 Å². The van der Waals surface area contributed by atoms with Crippen LogP contribution in [0.15, 0.2) is 18.5 Å². The standard InChI is InChI=1S/C13H15FN2O3/c1-8-9(13(18)19)3-2-6-16(8)12(17)10-4-5-15-7-11(10)14/h4-5,7-9H,2-3,6H2,1H3,(H,18,19)/t8-,9-/m1/s1. The molecule has 1 amide bonds. The molecule has 5 nitrogen and oxygen atoms in total. The van der Waals surface area contributed by atoms with Crippen molar-refractivity contribution in [3.8, 4) is 0 Å². The Kier molecular flexibility index (Phi) is 3.78. The second-order valence-corrected chi connectivity index (χ2v) is 4.68. The van der Waals surface area contributed by atoms with Crippen molar-refractivity contribution in [2.24, 2.45) is 5.92 Å². The van der Waals surface area contributed by atoms with Crippen LogP contribution in [0.25, 0.3) is 0 Å². The summed E-state index contributed by atoms with van der Waals surface area (Å²) in [7, 11) is 0. The molecule has 0 saturated carbocycles. The second kappa shape index (κ2) is 5.34. The fraction of sp³-hybridized carbons (Fsp3) is 0.462. The Morgan fingerprint density at radius 2 is 2.26 bits per heavy atom. The number of pyridine rings is 1. The van der Waals surface area contributed by atoms with Gasteiger partial charge in [0.1, 0.15) is 0 Å². The molecule has 1 aromatic heterocycles. The number of carbonyl (C=O) groups is 2. The maximum atomic E-state index is 13.6. The Hall–Kier alpha value is -1.98. The Balaban J connectivity index is 2.24. The number of hydrogen-bond acceptors (Lipinski definition) is 3. The number of aliphatic carboxylic acids is 1. The molecule has 1 aliphatic rings. The number of rotatable bonds is 2. The summed E-state index contributed by atoms with van der Waals surface area (Å²) in [6, 6.07) is 0.876. The molecule has 1 fully saturated rings. The summed E-state index contributed by atoms with van der Waals surface area (Å²) >= 11 is 0. The molecule has 19 heavy (non-hydrogen) atoms. The summed E-state index contributed by atoms with van der Waals surface area (Å²) in [5.41, 5.74) is -0.0621. The molecule has 0 unspecified atom stereocenters. The van der Waals surface area contributed by atoms with Gasteiger partial charge in [-0.3, -0.25) is 14.6 Å². The monoisotopic (exact) mass is 266 g/mol. The van der Waals surface area contributed by atoms with E-state index in [2.05, 4.69) is 4.98 Å². The first kappa shape index (κ1) is 13.5. The second-order valence-electron chi connectivity index (χ2n) is 4.68. The number of carboxylic acid groups (broad SMARTS) is 1. The minimum absolute atomic E-state index is 0.0621. The maximum absolute atomic E-state index is 13.6. The van der Waals surface area contributed by atoms with Crippen molar-refractivity contribution in [2.45, 2.75) is 25.8 Å². The highest BCUT2D eigenvalue weighted by Crippen LogP contribution is 2.25. The summed E-state index contributed by atoms with van der Waals surface area (Å²) < 4.78 is 13.6. The minimum atomic E-state index is -0.916. The predicted octanol–water partition coefficient (Wildman–Crippen LogP) is 1.55. The van der Waals surface area contributed by atoms with Crippen LogP contribution in [0.4, 0.5) is 4.39 Å². The molecule has 2 rings (SSSR count). The topological polar surface area (TPSA) is 70.5 Å². The van der Waals surface area contributed by atoms with Crippen molar-refractivity contribution in [3.05, 3.63) is 29.8 Å². The molecule has 1 N–H and O–H groups in total. The SMILES string of the molecule is C[C@@H]1[C@H](C(=O)O)CCCN1C(=O)c1ccncc1F. The molecule has 1 aliphatic heterocycles. The van der Waals surface area contributed by atoms with Gasteiger partial charge in [0.2, 0.25) is 0 Å². The van der Waals surface area contributed by atoms with Gasteiger partial charge >= 0.3 is 5.97 Å². The van der Waals surface area contributed by atoms with E-state index in [-0.39, 0.29) is 5.56 Å². The van der Waals surface area contributed by atoms with Gasteiger partial charge in [-0.1, -0.05) is 0 Å². The average molecular weight is 266 g/mol. The van der Waals surface area contributed by atoms with Crippen molar-refractivity contribution in [2.75, 3.05) is 6.54 Å². The van der Waals surface area contributed by atoms with Gasteiger partial charge in [0.05, 0.1) is 17.7 Å². The van der Waals surface area contributed by atoms with E-state index in [1.807, 2.05) is 0 Å².